The number of aliphatic carboxylic acids is 1. The Morgan fingerprint density at radius 1 is 1.44 bits per heavy atom. The van der Waals surface area contributed by atoms with Crippen molar-refractivity contribution in [2.45, 2.75) is 25.3 Å². The van der Waals surface area contributed by atoms with E-state index in [0.29, 0.717) is 29.3 Å². The van der Waals surface area contributed by atoms with Crippen molar-refractivity contribution in [3.63, 3.8) is 0 Å². The number of aryl methyl sites for hydroxylation is 1. The predicted octanol–water partition coefficient (Wildman–Crippen LogP) is 2.20. The van der Waals surface area contributed by atoms with Gasteiger partial charge in [0, 0.05) is 18.4 Å². The summed E-state index contributed by atoms with van der Waals surface area (Å²) in [6.45, 7) is 2.36. The van der Waals surface area contributed by atoms with Crippen LogP contribution in [0.3, 0.4) is 0 Å². The number of nitrogens with one attached hydrogen (secondary N) is 1. The lowest BCUT2D eigenvalue weighted by atomic mass is 9.94. The molecule has 8 heteroatoms. The van der Waals surface area contributed by atoms with E-state index in [1.54, 1.807) is 29.9 Å². The summed E-state index contributed by atoms with van der Waals surface area (Å²) in [7, 11) is 0. The van der Waals surface area contributed by atoms with Gasteiger partial charge in [-0.3, -0.25) is 9.59 Å². The van der Waals surface area contributed by atoms with Crippen molar-refractivity contribution in [3.8, 4) is 5.69 Å². The van der Waals surface area contributed by atoms with Gasteiger partial charge in [-0.15, -0.1) is 0 Å². The highest BCUT2D eigenvalue weighted by atomic mass is 35.5. The number of rotatable bonds is 5. The molecule has 0 saturated carbocycles. The van der Waals surface area contributed by atoms with Crippen molar-refractivity contribution in [3.05, 3.63) is 46.7 Å². The third-order valence-corrected chi connectivity index (χ3v) is 4.50. The fourth-order valence-electron chi connectivity index (χ4n) is 2.92. The van der Waals surface area contributed by atoms with E-state index in [-0.39, 0.29) is 18.7 Å². The van der Waals surface area contributed by atoms with E-state index in [0.717, 1.165) is 0 Å². The van der Waals surface area contributed by atoms with E-state index in [1.807, 2.05) is 12.1 Å². The fourth-order valence-corrected chi connectivity index (χ4v) is 3.15. The zero-order valence-electron chi connectivity index (χ0n) is 13.7. The van der Waals surface area contributed by atoms with Crippen LogP contribution in [-0.4, -0.2) is 45.5 Å². The monoisotopic (exact) mass is 363 g/mol. The van der Waals surface area contributed by atoms with Crippen molar-refractivity contribution >= 4 is 23.5 Å². The molecule has 2 aromatic rings. The minimum Gasteiger partial charge on any atom is -0.481 e. The number of halogens is 1. The number of hydrogen-bond donors (Lipinski definition) is 2. The molecule has 0 radical (unpaired) electrons. The van der Waals surface area contributed by atoms with E-state index < -0.39 is 17.4 Å². The maximum atomic E-state index is 12.7. The summed E-state index contributed by atoms with van der Waals surface area (Å²) >= 11 is 6.17. The average Bonchev–Trinajstić information content (AvgIpc) is 3.14. The highest BCUT2D eigenvalue weighted by Crippen LogP contribution is 2.24. The third-order valence-electron chi connectivity index (χ3n) is 4.18. The maximum Gasteiger partial charge on any atom is 0.305 e. The Balaban J connectivity index is 1.85. The van der Waals surface area contributed by atoms with Crippen LogP contribution in [0.15, 0.2) is 30.5 Å². The van der Waals surface area contributed by atoms with Crippen LogP contribution in [0.4, 0.5) is 0 Å². The number of para-hydroxylation sites is 1. The van der Waals surface area contributed by atoms with Gasteiger partial charge in [0.25, 0.3) is 5.91 Å². The molecular weight excluding hydrogens is 346 g/mol. The Labute approximate surface area is 149 Å². The van der Waals surface area contributed by atoms with Crippen molar-refractivity contribution in [1.29, 1.82) is 0 Å². The van der Waals surface area contributed by atoms with E-state index >= 15 is 0 Å². The van der Waals surface area contributed by atoms with Crippen LogP contribution in [0.25, 0.3) is 5.69 Å². The van der Waals surface area contributed by atoms with E-state index in [1.165, 1.54) is 0 Å². The standard InChI is InChI=1S/C17H18ClN3O4/c1-11-9-21(13-5-3-2-4-12(13)18)20-15(11)16(24)19-17(8-14(22)23)6-7-25-10-17/h2-5,9H,6-8,10H2,1H3,(H,19,24)(H,22,23). The summed E-state index contributed by atoms with van der Waals surface area (Å²) in [6, 6.07) is 7.18. The summed E-state index contributed by atoms with van der Waals surface area (Å²) in [5, 5.41) is 16.8. The first-order valence-corrected chi connectivity index (χ1v) is 8.21. The normalized spacial score (nSPS) is 19.8. The van der Waals surface area contributed by atoms with Crippen LogP contribution >= 0.6 is 11.6 Å². The van der Waals surface area contributed by atoms with Gasteiger partial charge < -0.3 is 15.2 Å². The lowest BCUT2D eigenvalue weighted by Gasteiger charge is -2.26. The molecule has 1 amide bonds. The molecule has 0 bridgehead atoms. The van der Waals surface area contributed by atoms with E-state index in [9.17, 15) is 9.59 Å². The molecule has 1 aromatic heterocycles. The fraction of sp³-hybridized carbons (Fsp3) is 0.353. The first-order chi connectivity index (χ1) is 11.9. The molecule has 2 N–H and O–H groups in total. The predicted molar refractivity (Wildman–Crippen MR) is 91.2 cm³/mol. The van der Waals surface area contributed by atoms with Gasteiger partial charge in [-0.25, -0.2) is 4.68 Å². The van der Waals surface area contributed by atoms with E-state index in [4.69, 9.17) is 21.4 Å². The summed E-state index contributed by atoms with van der Waals surface area (Å²) < 4.78 is 6.84. The average molecular weight is 364 g/mol. The van der Waals surface area contributed by atoms with Gasteiger partial charge in [0.1, 0.15) is 0 Å². The lowest BCUT2D eigenvalue weighted by molar-refractivity contribution is -0.138. The van der Waals surface area contributed by atoms with Gasteiger partial charge in [0.2, 0.25) is 0 Å². The number of carbonyl (C=O) groups excluding carboxylic acids is 1. The maximum absolute atomic E-state index is 12.7. The number of carbonyl (C=O) groups is 2. The summed E-state index contributed by atoms with van der Waals surface area (Å²) in [4.78, 5) is 23.8. The number of amides is 1. The SMILES string of the molecule is Cc1cn(-c2ccccc2Cl)nc1C(=O)NC1(CC(=O)O)CCOC1. The van der Waals surface area contributed by atoms with Crippen LogP contribution in [0.5, 0.6) is 0 Å². The first kappa shape index (κ1) is 17.4. The van der Waals surface area contributed by atoms with Crippen molar-refractivity contribution in [2.24, 2.45) is 0 Å². The number of hydrogen-bond acceptors (Lipinski definition) is 4. The van der Waals surface area contributed by atoms with Crippen LogP contribution in [-0.2, 0) is 9.53 Å². The molecule has 0 aliphatic carbocycles. The Kier molecular flexibility index (Phi) is 4.78. The molecule has 1 unspecified atom stereocenters. The molecule has 1 saturated heterocycles. The minimum absolute atomic E-state index is 0.176. The Morgan fingerprint density at radius 2 is 2.20 bits per heavy atom. The van der Waals surface area contributed by atoms with Crippen LogP contribution in [0.1, 0.15) is 28.9 Å². The van der Waals surface area contributed by atoms with Crippen LogP contribution in [0.2, 0.25) is 5.02 Å². The zero-order chi connectivity index (χ0) is 18.0. The molecule has 2 heterocycles. The van der Waals surface area contributed by atoms with Crippen molar-refractivity contribution in [2.75, 3.05) is 13.2 Å². The van der Waals surface area contributed by atoms with Crippen LogP contribution in [0, 0.1) is 6.92 Å². The molecule has 1 fully saturated rings. The van der Waals surface area contributed by atoms with Gasteiger partial charge in [-0.05, 0) is 25.5 Å². The summed E-state index contributed by atoms with van der Waals surface area (Å²) in [5.74, 6) is -1.40. The smallest absolute Gasteiger partial charge is 0.305 e. The van der Waals surface area contributed by atoms with Gasteiger partial charge in [-0.2, -0.15) is 5.10 Å². The Morgan fingerprint density at radius 3 is 2.84 bits per heavy atom. The van der Waals surface area contributed by atoms with Crippen LogP contribution < -0.4 is 5.32 Å². The molecule has 132 valence electrons. The molecule has 1 aliphatic rings. The summed E-state index contributed by atoms with van der Waals surface area (Å²) in [5.41, 5.74) is 0.665. The molecule has 1 aliphatic heterocycles. The second-order valence-electron chi connectivity index (χ2n) is 6.16. The molecule has 3 rings (SSSR count). The molecule has 25 heavy (non-hydrogen) atoms. The largest absolute Gasteiger partial charge is 0.481 e. The summed E-state index contributed by atoms with van der Waals surface area (Å²) in [6.07, 6.45) is 1.98. The number of aromatic nitrogens is 2. The molecule has 1 atom stereocenters. The second kappa shape index (κ2) is 6.85. The Hall–Kier alpha value is -2.38. The lowest BCUT2D eigenvalue weighted by Crippen LogP contribution is -2.50. The van der Waals surface area contributed by atoms with E-state index in [2.05, 4.69) is 10.4 Å². The number of nitrogens with zero attached hydrogens (tertiary/aromatic N) is 2. The first-order valence-electron chi connectivity index (χ1n) is 7.83. The van der Waals surface area contributed by atoms with Gasteiger partial charge in [-0.1, -0.05) is 23.7 Å². The number of ether oxygens (including phenoxy) is 1. The van der Waals surface area contributed by atoms with Gasteiger partial charge in [0.15, 0.2) is 5.69 Å². The quantitative estimate of drug-likeness (QED) is 0.849. The topological polar surface area (TPSA) is 93.5 Å². The van der Waals surface area contributed by atoms with Crippen molar-refractivity contribution in [1.82, 2.24) is 15.1 Å². The van der Waals surface area contributed by atoms with Gasteiger partial charge >= 0.3 is 5.97 Å². The van der Waals surface area contributed by atoms with Crippen molar-refractivity contribution < 1.29 is 19.4 Å². The number of carboxylic acids is 1. The van der Waals surface area contributed by atoms with Gasteiger partial charge in [0.05, 0.1) is 29.3 Å². The molecule has 7 nitrogen and oxygen atoms in total. The Bertz CT molecular complexity index is 812. The number of benzene rings is 1. The molecule has 0 spiro atoms. The molecule has 1 aromatic carbocycles. The molecular formula is C17H18ClN3O4. The zero-order valence-corrected chi connectivity index (χ0v) is 14.4. The highest BCUT2D eigenvalue weighted by molar-refractivity contribution is 6.32. The minimum atomic E-state index is -0.982. The second-order valence-corrected chi connectivity index (χ2v) is 6.57. The number of carboxylic acid groups (broad SMARTS) is 1. The highest BCUT2D eigenvalue weighted by Gasteiger charge is 2.39. The third kappa shape index (κ3) is 3.67.